The van der Waals surface area contributed by atoms with Gasteiger partial charge in [-0.25, -0.2) is 9.59 Å². The van der Waals surface area contributed by atoms with Gasteiger partial charge in [-0.3, -0.25) is 0 Å². The van der Waals surface area contributed by atoms with E-state index >= 15 is 0 Å². The van der Waals surface area contributed by atoms with Crippen LogP contribution >= 0.6 is 0 Å². The van der Waals surface area contributed by atoms with E-state index in [2.05, 4.69) is 12.2 Å². The molecule has 5 nitrogen and oxygen atoms in total. The lowest BCUT2D eigenvalue weighted by Gasteiger charge is -2.63. The zero-order valence-electron chi connectivity index (χ0n) is 16.3. The molecule has 1 N–H and O–H groups in total. The van der Waals surface area contributed by atoms with Gasteiger partial charge in [-0.1, -0.05) is 13.3 Å². The van der Waals surface area contributed by atoms with Crippen molar-refractivity contribution in [3.8, 4) is 0 Å². The third-order valence-electron chi connectivity index (χ3n) is 6.69. The molecule has 0 saturated heterocycles. The van der Waals surface area contributed by atoms with Gasteiger partial charge in [0.15, 0.2) is 0 Å². The summed E-state index contributed by atoms with van der Waals surface area (Å²) in [5, 5.41) is 2.89. The highest BCUT2D eigenvalue weighted by Crippen LogP contribution is 2.67. The molecule has 25 heavy (non-hydrogen) atoms. The normalized spacial score (nSPS) is 37.5. The second-order valence-corrected chi connectivity index (χ2v) is 9.78. The molecule has 0 aromatic rings. The highest BCUT2D eigenvalue weighted by atomic mass is 16.6. The Morgan fingerprint density at radius 2 is 1.76 bits per heavy atom. The van der Waals surface area contributed by atoms with Gasteiger partial charge in [0.05, 0.1) is 7.11 Å². The molecule has 4 aliphatic carbocycles. The number of amides is 1. The first-order chi connectivity index (χ1) is 11.6. The summed E-state index contributed by atoms with van der Waals surface area (Å²) in [5.41, 5.74) is -0.424. The lowest BCUT2D eigenvalue weighted by atomic mass is 9.42. The van der Waals surface area contributed by atoms with E-state index in [0.29, 0.717) is 17.3 Å². The van der Waals surface area contributed by atoms with E-state index in [1.54, 1.807) is 0 Å². The number of rotatable bonds is 4. The maximum Gasteiger partial charge on any atom is 0.408 e. The molecule has 0 radical (unpaired) electrons. The van der Waals surface area contributed by atoms with Crippen molar-refractivity contribution in [1.82, 2.24) is 5.32 Å². The van der Waals surface area contributed by atoms with Gasteiger partial charge in [-0.05, 0) is 76.5 Å². The van der Waals surface area contributed by atoms with Gasteiger partial charge >= 0.3 is 12.1 Å². The van der Waals surface area contributed by atoms with Gasteiger partial charge in [0.25, 0.3) is 0 Å². The van der Waals surface area contributed by atoms with Gasteiger partial charge < -0.3 is 14.8 Å². The number of hydrogen-bond donors (Lipinski definition) is 1. The first kappa shape index (κ1) is 18.5. The topological polar surface area (TPSA) is 64.6 Å². The van der Waals surface area contributed by atoms with E-state index in [4.69, 9.17) is 9.47 Å². The number of alkyl carbamates (subject to hydrolysis) is 1. The molecule has 4 rings (SSSR count). The summed E-state index contributed by atoms with van der Waals surface area (Å²) in [5.74, 6) is 1.02. The number of methoxy groups -OCH3 is 1. The van der Waals surface area contributed by atoms with Crippen LogP contribution in [0.1, 0.15) is 72.6 Å². The minimum Gasteiger partial charge on any atom is -0.467 e. The van der Waals surface area contributed by atoms with E-state index < -0.39 is 17.7 Å². The predicted octanol–water partition coefficient (Wildman–Crippen LogP) is 4.05. The van der Waals surface area contributed by atoms with Crippen molar-refractivity contribution in [2.75, 3.05) is 7.11 Å². The summed E-state index contributed by atoms with van der Waals surface area (Å²) < 4.78 is 10.5. The highest BCUT2D eigenvalue weighted by molar-refractivity contribution is 5.82. The van der Waals surface area contributed by atoms with Crippen molar-refractivity contribution >= 4 is 12.1 Å². The van der Waals surface area contributed by atoms with Crippen LogP contribution in [0.3, 0.4) is 0 Å². The molecule has 5 heteroatoms. The average Bonchev–Trinajstić information content (AvgIpc) is 2.49. The largest absolute Gasteiger partial charge is 0.467 e. The maximum atomic E-state index is 12.6. The zero-order chi connectivity index (χ0) is 18.5. The summed E-state index contributed by atoms with van der Waals surface area (Å²) in [4.78, 5) is 25.0. The Hall–Kier alpha value is -1.26. The molecule has 0 aromatic heterocycles. The van der Waals surface area contributed by atoms with Crippen LogP contribution in [-0.4, -0.2) is 30.8 Å². The number of hydrogen-bond acceptors (Lipinski definition) is 4. The van der Waals surface area contributed by atoms with E-state index in [1.165, 1.54) is 26.4 Å². The number of nitrogens with one attached hydrogen (secondary N) is 1. The molecule has 4 bridgehead atoms. The van der Waals surface area contributed by atoms with Crippen molar-refractivity contribution in [2.24, 2.45) is 22.7 Å². The zero-order valence-corrected chi connectivity index (χ0v) is 16.3. The first-order valence-corrected chi connectivity index (χ1v) is 9.68. The fourth-order valence-corrected chi connectivity index (χ4v) is 6.28. The lowest BCUT2D eigenvalue weighted by Crippen LogP contribution is -2.62. The van der Waals surface area contributed by atoms with E-state index in [9.17, 15) is 9.59 Å². The average molecular weight is 351 g/mol. The highest BCUT2D eigenvalue weighted by Gasteiger charge is 2.61. The molecule has 3 atom stereocenters. The van der Waals surface area contributed by atoms with Crippen LogP contribution in [0.5, 0.6) is 0 Å². The maximum absolute atomic E-state index is 12.6. The number of carbonyl (C=O) groups is 2. The number of carbonyl (C=O) groups excluding carboxylic acids is 2. The molecule has 0 spiro atoms. The van der Waals surface area contributed by atoms with Crippen LogP contribution in [0.15, 0.2) is 0 Å². The number of esters is 1. The summed E-state index contributed by atoms with van der Waals surface area (Å²) in [6.07, 6.45) is 7.51. The Morgan fingerprint density at radius 3 is 2.24 bits per heavy atom. The summed E-state index contributed by atoms with van der Waals surface area (Å²) in [6.45, 7) is 7.76. The molecular weight excluding hydrogens is 318 g/mol. The third kappa shape index (κ3) is 3.52. The minimum atomic E-state index is -0.607. The van der Waals surface area contributed by atoms with E-state index in [-0.39, 0.29) is 11.4 Å². The standard InChI is InChI=1S/C20H33NO4/c1-6-19-8-13-7-14(9-19)11-20(10-13,12-19)15(16(22)24-5)21-17(23)25-18(2,3)4/h13-15H,6-12H2,1-5H3,(H,21,23)/t13?,14?,15-,19?,20?/m1/s1. The van der Waals surface area contributed by atoms with Crippen LogP contribution in [-0.2, 0) is 14.3 Å². The summed E-state index contributed by atoms with van der Waals surface area (Å²) >= 11 is 0. The van der Waals surface area contributed by atoms with E-state index in [1.807, 2.05) is 20.8 Å². The first-order valence-electron chi connectivity index (χ1n) is 9.68. The molecule has 1 amide bonds. The van der Waals surface area contributed by atoms with Gasteiger partial charge in [-0.15, -0.1) is 0 Å². The molecule has 2 unspecified atom stereocenters. The van der Waals surface area contributed by atoms with Gasteiger partial charge in [0.1, 0.15) is 11.6 Å². The smallest absolute Gasteiger partial charge is 0.408 e. The minimum absolute atomic E-state index is 0.176. The van der Waals surface area contributed by atoms with Crippen molar-refractivity contribution in [3.05, 3.63) is 0 Å². The quantitative estimate of drug-likeness (QED) is 0.776. The summed E-state index contributed by atoms with van der Waals surface area (Å²) in [6, 6.07) is -0.607. The van der Waals surface area contributed by atoms with Crippen molar-refractivity contribution in [2.45, 2.75) is 84.3 Å². The molecule has 0 aliphatic heterocycles. The Bertz CT molecular complexity index is 536. The Kier molecular flexibility index (Phi) is 4.57. The Labute approximate surface area is 151 Å². The number of ether oxygens (including phenoxy) is 2. The predicted molar refractivity (Wildman–Crippen MR) is 95.0 cm³/mol. The lowest BCUT2D eigenvalue weighted by molar-refractivity contribution is -0.163. The van der Waals surface area contributed by atoms with Crippen LogP contribution in [0, 0.1) is 22.7 Å². The third-order valence-corrected chi connectivity index (χ3v) is 6.69. The molecule has 142 valence electrons. The molecule has 4 aliphatic rings. The Morgan fingerprint density at radius 1 is 1.16 bits per heavy atom. The fraction of sp³-hybridized carbons (Fsp3) is 0.900. The fourth-order valence-electron chi connectivity index (χ4n) is 6.28. The van der Waals surface area contributed by atoms with Crippen LogP contribution < -0.4 is 5.32 Å². The molecule has 4 saturated carbocycles. The molecule has 0 aromatic carbocycles. The van der Waals surface area contributed by atoms with Gasteiger partial charge in [-0.2, -0.15) is 0 Å². The summed E-state index contributed by atoms with van der Waals surface area (Å²) in [7, 11) is 1.40. The molecule has 4 fully saturated rings. The van der Waals surface area contributed by atoms with Crippen molar-refractivity contribution in [3.63, 3.8) is 0 Å². The van der Waals surface area contributed by atoms with Crippen molar-refractivity contribution in [1.29, 1.82) is 0 Å². The molecule has 0 heterocycles. The van der Waals surface area contributed by atoms with Crippen molar-refractivity contribution < 1.29 is 19.1 Å². The Balaban J connectivity index is 1.86. The van der Waals surface area contributed by atoms with Crippen LogP contribution in [0.2, 0.25) is 0 Å². The monoisotopic (exact) mass is 351 g/mol. The second-order valence-electron chi connectivity index (χ2n) is 9.78. The van der Waals surface area contributed by atoms with E-state index in [0.717, 1.165) is 25.7 Å². The SMILES string of the molecule is CCC12CC3CC(C1)CC([C@H](NC(=O)OC(C)(C)C)C(=O)OC)(C3)C2. The van der Waals surface area contributed by atoms with Gasteiger partial charge in [0, 0.05) is 5.41 Å². The van der Waals surface area contributed by atoms with Crippen LogP contribution in [0.4, 0.5) is 4.79 Å². The molecular formula is C20H33NO4. The van der Waals surface area contributed by atoms with Crippen LogP contribution in [0.25, 0.3) is 0 Å². The van der Waals surface area contributed by atoms with Gasteiger partial charge in [0.2, 0.25) is 0 Å². The second kappa shape index (κ2) is 6.17.